The molecule has 0 aliphatic carbocycles. The first-order valence-corrected chi connectivity index (χ1v) is 6.08. The predicted octanol–water partition coefficient (Wildman–Crippen LogP) is 2.06. The average molecular weight is 255 g/mol. The zero-order valence-electron chi connectivity index (χ0n) is 11.5. The number of hydrogen-bond acceptors (Lipinski definition) is 5. The maximum absolute atomic E-state index is 11.4. The Balaban J connectivity index is 4.05. The monoisotopic (exact) mass is 255 g/mol. The van der Waals surface area contributed by atoms with Crippen LogP contribution in [0.4, 0.5) is 0 Å². The van der Waals surface area contributed by atoms with Gasteiger partial charge in [0.2, 0.25) is 0 Å². The highest BCUT2D eigenvalue weighted by Gasteiger charge is 2.30. The summed E-state index contributed by atoms with van der Waals surface area (Å²) >= 11 is 0. The summed E-state index contributed by atoms with van der Waals surface area (Å²) in [5.41, 5.74) is -0.695. The molecule has 0 aromatic carbocycles. The molecular formula is C13H21NO4. The van der Waals surface area contributed by atoms with Crippen LogP contribution in [0, 0.1) is 22.7 Å². The summed E-state index contributed by atoms with van der Waals surface area (Å²) in [6.07, 6.45) is -0.00391. The van der Waals surface area contributed by atoms with E-state index in [1.54, 1.807) is 13.8 Å². The molecule has 0 aliphatic heterocycles. The van der Waals surface area contributed by atoms with Crippen molar-refractivity contribution in [2.75, 3.05) is 13.2 Å². The molecule has 1 atom stereocenters. The lowest BCUT2D eigenvalue weighted by Gasteiger charge is -2.25. The van der Waals surface area contributed by atoms with Crippen LogP contribution in [0.3, 0.4) is 0 Å². The van der Waals surface area contributed by atoms with Gasteiger partial charge in [-0.15, -0.1) is 0 Å². The van der Waals surface area contributed by atoms with Crippen molar-refractivity contribution in [2.45, 2.75) is 40.5 Å². The van der Waals surface area contributed by atoms with E-state index in [0.717, 1.165) is 0 Å². The standard InChI is InChI=1S/C13H21NO4/c1-5-17-11(15)6-7-12(16)18-9-13(4,8-14)10(2)3/h10H,5-7,9H2,1-4H3. The molecule has 0 heterocycles. The Morgan fingerprint density at radius 1 is 1.22 bits per heavy atom. The first kappa shape index (κ1) is 16.4. The molecule has 0 spiro atoms. The van der Waals surface area contributed by atoms with E-state index in [1.165, 1.54) is 0 Å². The molecule has 0 rings (SSSR count). The smallest absolute Gasteiger partial charge is 0.306 e. The van der Waals surface area contributed by atoms with Crippen molar-refractivity contribution in [3.63, 3.8) is 0 Å². The van der Waals surface area contributed by atoms with Gasteiger partial charge in [-0.25, -0.2) is 0 Å². The Kier molecular flexibility index (Phi) is 7.03. The van der Waals surface area contributed by atoms with Crippen molar-refractivity contribution in [3.05, 3.63) is 0 Å². The van der Waals surface area contributed by atoms with E-state index in [1.807, 2.05) is 13.8 Å². The first-order valence-electron chi connectivity index (χ1n) is 6.08. The number of carbonyl (C=O) groups excluding carboxylic acids is 2. The van der Waals surface area contributed by atoms with E-state index >= 15 is 0 Å². The molecule has 0 amide bonds. The summed E-state index contributed by atoms with van der Waals surface area (Å²) in [4.78, 5) is 22.4. The molecule has 0 radical (unpaired) electrons. The van der Waals surface area contributed by atoms with E-state index < -0.39 is 17.4 Å². The number of carbonyl (C=O) groups is 2. The molecule has 0 N–H and O–H groups in total. The summed E-state index contributed by atoms with van der Waals surface area (Å²) in [7, 11) is 0. The Morgan fingerprint density at radius 3 is 2.11 bits per heavy atom. The molecular weight excluding hydrogens is 234 g/mol. The van der Waals surface area contributed by atoms with Gasteiger partial charge in [0.25, 0.3) is 0 Å². The maximum atomic E-state index is 11.4. The van der Waals surface area contributed by atoms with Crippen LogP contribution in [0.15, 0.2) is 0 Å². The molecule has 0 aromatic rings. The molecule has 1 unspecified atom stereocenters. The van der Waals surface area contributed by atoms with E-state index in [4.69, 9.17) is 14.7 Å². The van der Waals surface area contributed by atoms with Crippen molar-refractivity contribution >= 4 is 11.9 Å². The third-order valence-electron chi connectivity index (χ3n) is 2.90. The average Bonchev–Trinajstić information content (AvgIpc) is 2.33. The summed E-state index contributed by atoms with van der Waals surface area (Å²) < 4.78 is 9.72. The number of nitrogens with zero attached hydrogens (tertiary/aromatic N) is 1. The lowest BCUT2D eigenvalue weighted by Crippen LogP contribution is -2.29. The van der Waals surface area contributed by atoms with Gasteiger partial charge in [0, 0.05) is 0 Å². The zero-order valence-corrected chi connectivity index (χ0v) is 11.5. The molecule has 0 fully saturated rings. The summed E-state index contributed by atoms with van der Waals surface area (Å²) in [6.45, 7) is 7.59. The van der Waals surface area contributed by atoms with Crippen LogP contribution < -0.4 is 0 Å². The van der Waals surface area contributed by atoms with Gasteiger partial charge >= 0.3 is 11.9 Å². The second kappa shape index (κ2) is 7.70. The molecule has 0 saturated carbocycles. The van der Waals surface area contributed by atoms with Crippen molar-refractivity contribution in [3.8, 4) is 6.07 Å². The van der Waals surface area contributed by atoms with Gasteiger partial charge in [0.15, 0.2) is 0 Å². The summed E-state index contributed by atoms with van der Waals surface area (Å²) in [5.74, 6) is -0.813. The fraction of sp³-hybridized carbons (Fsp3) is 0.769. The highest BCUT2D eigenvalue weighted by atomic mass is 16.5. The lowest BCUT2D eigenvalue weighted by molar-refractivity contribution is -0.151. The maximum Gasteiger partial charge on any atom is 0.306 e. The van der Waals surface area contributed by atoms with E-state index in [2.05, 4.69) is 6.07 Å². The molecule has 0 aliphatic rings. The number of esters is 2. The molecule has 0 bridgehead atoms. The largest absolute Gasteiger partial charge is 0.466 e. The van der Waals surface area contributed by atoms with Crippen molar-refractivity contribution < 1.29 is 19.1 Å². The zero-order chi connectivity index (χ0) is 14.2. The minimum Gasteiger partial charge on any atom is -0.466 e. The number of rotatable bonds is 7. The second-order valence-electron chi connectivity index (χ2n) is 4.65. The highest BCUT2D eigenvalue weighted by Crippen LogP contribution is 2.26. The predicted molar refractivity (Wildman–Crippen MR) is 65.4 cm³/mol. The van der Waals surface area contributed by atoms with Gasteiger partial charge in [0.1, 0.15) is 6.61 Å². The topological polar surface area (TPSA) is 76.4 Å². The van der Waals surface area contributed by atoms with Crippen molar-refractivity contribution in [1.82, 2.24) is 0 Å². The fourth-order valence-electron chi connectivity index (χ4n) is 1.07. The van der Waals surface area contributed by atoms with Crippen LogP contribution in [0.5, 0.6) is 0 Å². The van der Waals surface area contributed by atoms with Crippen LogP contribution in [-0.2, 0) is 19.1 Å². The molecule has 18 heavy (non-hydrogen) atoms. The van der Waals surface area contributed by atoms with Crippen LogP contribution in [0.25, 0.3) is 0 Å². The quantitative estimate of drug-likeness (QED) is 0.651. The van der Waals surface area contributed by atoms with E-state index in [0.29, 0.717) is 6.61 Å². The summed E-state index contributed by atoms with van der Waals surface area (Å²) in [5, 5.41) is 9.04. The SMILES string of the molecule is CCOC(=O)CCC(=O)OCC(C)(C#N)C(C)C. The minimum atomic E-state index is -0.695. The minimum absolute atomic E-state index is 0.0115. The number of hydrogen-bond donors (Lipinski definition) is 0. The van der Waals surface area contributed by atoms with Gasteiger partial charge in [-0.1, -0.05) is 13.8 Å². The third kappa shape index (κ3) is 5.67. The van der Waals surface area contributed by atoms with Crippen molar-refractivity contribution in [2.24, 2.45) is 11.3 Å². The molecule has 0 aromatic heterocycles. The van der Waals surface area contributed by atoms with Gasteiger partial charge < -0.3 is 9.47 Å². The lowest BCUT2D eigenvalue weighted by atomic mass is 9.81. The highest BCUT2D eigenvalue weighted by molar-refractivity contribution is 5.77. The van der Waals surface area contributed by atoms with E-state index in [-0.39, 0.29) is 25.4 Å². The molecule has 0 saturated heterocycles. The molecule has 5 heteroatoms. The van der Waals surface area contributed by atoms with Gasteiger partial charge in [-0.2, -0.15) is 5.26 Å². The van der Waals surface area contributed by atoms with Crippen molar-refractivity contribution in [1.29, 1.82) is 5.26 Å². The van der Waals surface area contributed by atoms with Crippen LogP contribution in [-0.4, -0.2) is 25.2 Å². The normalized spacial score (nSPS) is 13.6. The summed E-state index contributed by atoms with van der Waals surface area (Å²) in [6, 6.07) is 2.15. The van der Waals surface area contributed by atoms with Crippen LogP contribution >= 0.6 is 0 Å². The van der Waals surface area contributed by atoms with Gasteiger partial charge in [-0.05, 0) is 19.8 Å². The Hall–Kier alpha value is -1.57. The first-order chi connectivity index (χ1) is 8.35. The second-order valence-corrected chi connectivity index (χ2v) is 4.65. The third-order valence-corrected chi connectivity index (χ3v) is 2.90. The van der Waals surface area contributed by atoms with Gasteiger partial charge in [0.05, 0.1) is 30.9 Å². The Bertz CT molecular complexity index is 332. The van der Waals surface area contributed by atoms with Crippen LogP contribution in [0.2, 0.25) is 0 Å². The fourth-order valence-corrected chi connectivity index (χ4v) is 1.07. The number of nitriles is 1. The van der Waals surface area contributed by atoms with E-state index in [9.17, 15) is 9.59 Å². The molecule has 5 nitrogen and oxygen atoms in total. The molecule has 102 valence electrons. The van der Waals surface area contributed by atoms with Gasteiger partial charge in [-0.3, -0.25) is 9.59 Å². The number of ether oxygens (including phenoxy) is 2. The van der Waals surface area contributed by atoms with Crippen LogP contribution in [0.1, 0.15) is 40.5 Å². The Labute approximate surface area is 108 Å². The Morgan fingerprint density at radius 2 is 1.72 bits per heavy atom.